The smallest absolute Gasteiger partial charge is 0.257 e. The molecule has 1 aromatic carbocycles. The van der Waals surface area contributed by atoms with Crippen LogP contribution in [0.3, 0.4) is 0 Å². The number of hydrogen-bond donors (Lipinski definition) is 2. The van der Waals surface area contributed by atoms with Crippen LogP contribution in [0.4, 0.5) is 14.6 Å². The van der Waals surface area contributed by atoms with Gasteiger partial charge in [-0.2, -0.15) is 0 Å². The van der Waals surface area contributed by atoms with Crippen molar-refractivity contribution in [2.24, 2.45) is 5.41 Å². The van der Waals surface area contributed by atoms with Crippen LogP contribution in [-0.2, 0) is 4.79 Å². The summed E-state index contributed by atoms with van der Waals surface area (Å²) in [6, 6.07) is 5.88. The van der Waals surface area contributed by atoms with E-state index in [1.165, 1.54) is 33.9 Å². The molecule has 2 amide bonds. The molecule has 1 atom stereocenters. The maximum Gasteiger partial charge on any atom is 0.257 e. The summed E-state index contributed by atoms with van der Waals surface area (Å²) in [7, 11) is 0. The molecule has 3 heterocycles. The quantitative estimate of drug-likeness (QED) is 0.563. The summed E-state index contributed by atoms with van der Waals surface area (Å²) >= 11 is 0. The number of hydrogen-bond acceptors (Lipinski definition) is 5. The van der Waals surface area contributed by atoms with Crippen molar-refractivity contribution in [2.45, 2.75) is 57.1 Å². The number of amides is 2. The van der Waals surface area contributed by atoms with Gasteiger partial charge in [0.15, 0.2) is 5.65 Å². The van der Waals surface area contributed by atoms with Gasteiger partial charge in [-0.25, -0.2) is 13.8 Å². The maximum atomic E-state index is 14.9. The molecule has 2 saturated carbocycles. The van der Waals surface area contributed by atoms with Crippen molar-refractivity contribution < 1.29 is 23.5 Å². The Bertz CT molecular complexity index is 1530. The minimum absolute atomic E-state index is 0.00576. The molecule has 0 spiro atoms. The largest absolute Gasteiger partial charge is 0.391 e. The molecular weight excluding hydrogens is 482 g/mol. The third-order valence-electron chi connectivity index (χ3n) is 8.19. The lowest BCUT2D eigenvalue weighted by atomic mass is 9.86. The summed E-state index contributed by atoms with van der Waals surface area (Å²) in [5, 5.41) is 13.0. The number of carbonyl (C=O) groups is 2. The number of rotatable bonds is 4. The third-order valence-corrected chi connectivity index (χ3v) is 8.19. The van der Waals surface area contributed by atoms with E-state index in [4.69, 9.17) is 0 Å². The van der Waals surface area contributed by atoms with Gasteiger partial charge in [-0.15, -0.1) is 0 Å². The zero-order valence-electron chi connectivity index (χ0n) is 20.3. The van der Waals surface area contributed by atoms with Crippen molar-refractivity contribution in [1.82, 2.24) is 14.9 Å². The third kappa shape index (κ3) is 3.90. The van der Waals surface area contributed by atoms with Gasteiger partial charge in [0.25, 0.3) is 5.91 Å². The number of nitrogens with zero attached hydrogens (tertiary/aromatic N) is 3. The summed E-state index contributed by atoms with van der Waals surface area (Å²) in [6.45, 7) is 2.25. The Labute approximate surface area is 210 Å². The van der Waals surface area contributed by atoms with E-state index in [1.807, 2.05) is 0 Å². The van der Waals surface area contributed by atoms with E-state index in [0.29, 0.717) is 6.07 Å². The fourth-order valence-corrected chi connectivity index (χ4v) is 6.26. The maximum absolute atomic E-state index is 14.9. The van der Waals surface area contributed by atoms with Gasteiger partial charge in [-0.3, -0.25) is 23.9 Å². The highest BCUT2D eigenvalue weighted by molar-refractivity contribution is 5.99. The Balaban J connectivity index is 1.49. The average Bonchev–Trinajstić information content (AvgIpc) is 3.48. The van der Waals surface area contributed by atoms with E-state index in [2.05, 4.69) is 17.2 Å². The second-order valence-corrected chi connectivity index (χ2v) is 11.0. The highest BCUT2D eigenvalue weighted by atomic mass is 19.1. The molecule has 1 unspecified atom stereocenters. The fraction of sp³-hybridized carbons (Fsp3) is 0.407. The van der Waals surface area contributed by atoms with Crippen LogP contribution in [-0.4, -0.2) is 44.7 Å². The lowest BCUT2D eigenvalue weighted by Gasteiger charge is -2.28. The molecule has 2 bridgehead atoms. The van der Waals surface area contributed by atoms with E-state index >= 15 is 0 Å². The summed E-state index contributed by atoms with van der Waals surface area (Å²) in [4.78, 5) is 45.0. The molecule has 2 N–H and O–H groups in total. The van der Waals surface area contributed by atoms with Crippen LogP contribution in [0.15, 0.2) is 41.3 Å². The summed E-state index contributed by atoms with van der Waals surface area (Å²) in [5.41, 5.74) is -1.02. The number of carbonyl (C=O) groups excluding carboxylic acids is 2. The molecule has 1 saturated heterocycles. The summed E-state index contributed by atoms with van der Waals surface area (Å²) in [6.07, 6.45) is 4.86. The molecule has 2 aliphatic carbocycles. The molecule has 1 aliphatic heterocycles. The SMILES string of the molecule is CC12CCC(NC(=O)c3cn(-c4ccc(F)cc4F)c4nc(N5CC(O)CC5=O)ccc4c3=O)(CC1)C2. The Kier molecular flexibility index (Phi) is 5.24. The van der Waals surface area contributed by atoms with Crippen LogP contribution in [0.25, 0.3) is 16.7 Å². The lowest BCUT2D eigenvalue weighted by Crippen LogP contribution is -2.46. The molecule has 192 valence electrons. The molecule has 2 aromatic heterocycles. The van der Waals surface area contributed by atoms with Crippen LogP contribution < -0.4 is 15.6 Å². The molecule has 3 fully saturated rings. The highest BCUT2D eigenvalue weighted by Gasteiger charge is 2.52. The standard InChI is InChI=1S/C27H26F2N4O4/c1-26-6-8-27(14-26,9-7-26)31-25(37)18-13-32(20-4-2-15(28)10-19(20)29)24-17(23(18)36)3-5-21(30-24)33-12-16(34)11-22(33)35/h2-5,10,13,16,34H,6-9,11-12,14H2,1H3,(H,31,37). The number of β-amino-alcohol motifs (C(OH)–C–C–N with tert-alkyl or cyclic N) is 1. The first kappa shape index (κ1) is 23.7. The van der Waals surface area contributed by atoms with E-state index in [1.54, 1.807) is 0 Å². The van der Waals surface area contributed by atoms with Gasteiger partial charge in [0.1, 0.15) is 23.0 Å². The molecule has 37 heavy (non-hydrogen) atoms. The zero-order valence-corrected chi connectivity index (χ0v) is 20.3. The average molecular weight is 509 g/mol. The topological polar surface area (TPSA) is 105 Å². The van der Waals surface area contributed by atoms with Gasteiger partial charge in [0.2, 0.25) is 11.3 Å². The van der Waals surface area contributed by atoms with E-state index in [-0.39, 0.29) is 57.9 Å². The van der Waals surface area contributed by atoms with E-state index in [0.717, 1.165) is 38.2 Å². The lowest BCUT2D eigenvalue weighted by molar-refractivity contribution is -0.117. The van der Waals surface area contributed by atoms with Gasteiger partial charge in [-0.1, -0.05) is 6.92 Å². The molecule has 8 nitrogen and oxygen atoms in total. The summed E-state index contributed by atoms with van der Waals surface area (Å²) < 4.78 is 29.9. The van der Waals surface area contributed by atoms with Gasteiger partial charge in [0.05, 0.1) is 30.1 Å². The van der Waals surface area contributed by atoms with E-state index < -0.39 is 29.1 Å². The predicted molar refractivity (Wildman–Crippen MR) is 132 cm³/mol. The van der Waals surface area contributed by atoms with Crippen LogP contribution in [0.2, 0.25) is 0 Å². The predicted octanol–water partition coefficient (Wildman–Crippen LogP) is 3.21. The van der Waals surface area contributed by atoms with Crippen LogP contribution >= 0.6 is 0 Å². The number of aromatic nitrogens is 2. The first-order chi connectivity index (χ1) is 17.6. The van der Waals surface area contributed by atoms with Gasteiger partial charge >= 0.3 is 0 Å². The fourth-order valence-electron chi connectivity index (χ4n) is 6.26. The van der Waals surface area contributed by atoms with Crippen molar-refractivity contribution in [1.29, 1.82) is 0 Å². The Morgan fingerprint density at radius 2 is 1.89 bits per heavy atom. The molecule has 3 aromatic rings. The molecule has 0 radical (unpaired) electrons. The zero-order chi connectivity index (χ0) is 26.1. The second-order valence-electron chi connectivity index (χ2n) is 11.0. The number of halogens is 2. The first-order valence-electron chi connectivity index (χ1n) is 12.4. The second kappa shape index (κ2) is 8.17. The van der Waals surface area contributed by atoms with Crippen molar-refractivity contribution in [2.75, 3.05) is 11.4 Å². The van der Waals surface area contributed by atoms with Crippen molar-refractivity contribution in [3.05, 3.63) is 63.9 Å². The summed E-state index contributed by atoms with van der Waals surface area (Å²) in [5.74, 6) is -2.39. The minimum atomic E-state index is -0.905. The number of fused-ring (bicyclic) bond motifs is 3. The van der Waals surface area contributed by atoms with Gasteiger partial charge < -0.3 is 10.4 Å². The van der Waals surface area contributed by atoms with E-state index in [9.17, 15) is 28.3 Å². The molecular formula is C27H26F2N4O4. The highest BCUT2D eigenvalue weighted by Crippen LogP contribution is 2.56. The minimum Gasteiger partial charge on any atom is -0.391 e. The molecule has 10 heteroatoms. The number of aliphatic hydroxyl groups excluding tert-OH is 1. The Hall–Kier alpha value is -3.66. The van der Waals surface area contributed by atoms with Crippen LogP contribution in [0.1, 0.15) is 55.8 Å². The molecule has 6 rings (SSSR count). The number of nitrogens with one attached hydrogen (secondary N) is 1. The Morgan fingerprint density at radius 1 is 1.14 bits per heavy atom. The van der Waals surface area contributed by atoms with Crippen molar-refractivity contribution >= 4 is 28.7 Å². The number of anilines is 1. The van der Waals surface area contributed by atoms with Gasteiger partial charge in [-0.05, 0) is 61.8 Å². The van der Waals surface area contributed by atoms with Gasteiger partial charge in [0, 0.05) is 17.8 Å². The first-order valence-corrected chi connectivity index (χ1v) is 12.4. The van der Waals surface area contributed by atoms with Crippen LogP contribution in [0.5, 0.6) is 0 Å². The number of benzene rings is 1. The van der Waals surface area contributed by atoms with Crippen LogP contribution in [0, 0.1) is 17.0 Å². The number of aliphatic hydroxyl groups is 1. The monoisotopic (exact) mass is 508 g/mol. The number of pyridine rings is 2. The normalized spacial score (nSPS) is 26.9. The molecule has 3 aliphatic rings. The van der Waals surface area contributed by atoms with Crippen molar-refractivity contribution in [3.8, 4) is 5.69 Å². The Morgan fingerprint density at radius 3 is 2.51 bits per heavy atom. The van der Waals surface area contributed by atoms with Crippen molar-refractivity contribution in [3.63, 3.8) is 0 Å².